The normalized spacial score (nSPS) is 12.3. The highest BCUT2D eigenvalue weighted by Crippen LogP contribution is 2.28. The minimum atomic E-state index is -0.581. The van der Waals surface area contributed by atoms with Gasteiger partial charge < -0.3 is 9.15 Å². The molecule has 1 atom stereocenters. The highest BCUT2D eigenvalue weighted by Gasteiger charge is 2.21. The Balaban J connectivity index is 2.11. The Hall–Kier alpha value is -2.89. The van der Waals surface area contributed by atoms with Gasteiger partial charge in [0.15, 0.2) is 0 Å². The van der Waals surface area contributed by atoms with Gasteiger partial charge in [0.05, 0.1) is 24.4 Å². The summed E-state index contributed by atoms with van der Waals surface area (Å²) in [6, 6.07) is 9.76. The van der Waals surface area contributed by atoms with Crippen molar-refractivity contribution in [2.75, 3.05) is 6.61 Å². The van der Waals surface area contributed by atoms with Crippen molar-refractivity contribution in [3.63, 3.8) is 0 Å². The van der Waals surface area contributed by atoms with Gasteiger partial charge in [-0.05, 0) is 19.1 Å². The molecule has 0 saturated heterocycles. The van der Waals surface area contributed by atoms with Crippen LogP contribution in [-0.4, -0.2) is 17.1 Å². The predicted octanol–water partition coefficient (Wildman–Crippen LogP) is 3.78. The molecule has 1 unspecified atom stereocenters. The molecule has 130 valence electrons. The van der Waals surface area contributed by atoms with E-state index in [2.05, 4.69) is 0 Å². The first-order valence-electron chi connectivity index (χ1n) is 8.06. The maximum absolute atomic E-state index is 14.1. The molecule has 0 aliphatic heterocycles. The van der Waals surface area contributed by atoms with E-state index in [1.165, 1.54) is 23.0 Å². The lowest BCUT2D eigenvalue weighted by Gasteiger charge is -2.14. The zero-order chi connectivity index (χ0) is 18.0. The monoisotopic (exact) mass is 343 g/mol. The number of aromatic nitrogens is 1. The fraction of sp³-hybridized carbons (Fsp3) is 0.263. The summed E-state index contributed by atoms with van der Waals surface area (Å²) in [6.45, 7) is 3.84. The third kappa shape index (κ3) is 3.20. The van der Waals surface area contributed by atoms with Gasteiger partial charge in [0.1, 0.15) is 12.1 Å². The zero-order valence-electron chi connectivity index (χ0n) is 14.0. The number of esters is 1. The summed E-state index contributed by atoms with van der Waals surface area (Å²) in [5.41, 5.74) is 1.05. The van der Waals surface area contributed by atoms with E-state index in [-0.39, 0.29) is 24.1 Å². The number of carbonyl (C=O) groups excluding carboxylic acids is 1. The molecule has 5 nitrogen and oxygen atoms in total. The van der Waals surface area contributed by atoms with Gasteiger partial charge in [-0.25, -0.2) is 13.8 Å². The van der Waals surface area contributed by atoms with Crippen LogP contribution < -0.4 is 5.76 Å². The van der Waals surface area contributed by atoms with Crippen LogP contribution in [0.25, 0.3) is 16.5 Å². The van der Waals surface area contributed by atoms with Crippen molar-refractivity contribution in [3.8, 4) is 5.69 Å². The number of ether oxygens (including phenoxy) is 1. The van der Waals surface area contributed by atoms with Gasteiger partial charge in [-0.3, -0.25) is 4.79 Å². The number of nitrogens with zero attached hydrogens (tertiary/aromatic N) is 1. The van der Waals surface area contributed by atoms with Crippen LogP contribution >= 0.6 is 0 Å². The van der Waals surface area contributed by atoms with Crippen molar-refractivity contribution >= 4 is 16.7 Å². The van der Waals surface area contributed by atoms with Crippen molar-refractivity contribution in [1.29, 1.82) is 0 Å². The largest absolute Gasteiger partial charge is 0.466 e. The standard InChI is InChI=1S/C19H18FNO4/c1-3-24-18(22)10-12(2)17-11-25-19(23)21(17)16-9-8-15(20)13-6-4-5-7-14(13)16/h4-9,11-12H,3,10H2,1-2H3. The molecule has 1 aromatic heterocycles. The Labute approximate surface area is 143 Å². The molecular weight excluding hydrogens is 325 g/mol. The van der Waals surface area contributed by atoms with Crippen LogP contribution in [0.5, 0.6) is 0 Å². The highest BCUT2D eigenvalue weighted by atomic mass is 19.1. The molecule has 0 amide bonds. The maximum atomic E-state index is 14.1. The lowest BCUT2D eigenvalue weighted by molar-refractivity contribution is -0.143. The molecule has 0 bridgehead atoms. The van der Waals surface area contributed by atoms with Crippen molar-refractivity contribution in [2.45, 2.75) is 26.2 Å². The van der Waals surface area contributed by atoms with Crippen LogP contribution in [0.2, 0.25) is 0 Å². The van der Waals surface area contributed by atoms with Crippen molar-refractivity contribution in [2.24, 2.45) is 0 Å². The van der Waals surface area contributed by atoms with Crippen LogP contribution in [-0.2, 0) is 9.53 Å². The van der Waals surface area contributed by atoms with Crippen molar-refractivity contribution in [1.82, 2.24) is 4.57 Å². The summed E-state index contributed by atoms with van der Waals surface area (Å²) in [4.78, 5) is 24.0. The molecule has 6 heteroatoms. The minimum Gasteiger partial charge on any atom is -0.466 e. The average molecular weight is 343 g/mol. The number of benzene rings is 2. The van der Waals surface area contributed by atoms with Gasteiger partial charge >= 0.3 is 11.7 Å². The Morgan fingerprint density at radius 2 is 1.96 bits per heavy atom. The number of hydrogen-bond donors (Lipinski definition) is 0. The summed E-state index contributed by atoms with van der Waals surface area (Å²) < 4.78 is 25.5. The van der Waals surface area contributed by atoms with Crippen LogP contribution in [0.3, 0.4) is 0 Å². The van der Waals surface area contributed by atoms with Gasteiger partial charge in [-0.15, -0.1) is 0 Å². The maximum Gasteiger partial charge on any atom is 0.423 e. The average Bonchev–Trinajstić information content (AvgIpc) is 2.97. The first-order valence-corrected chi connectivity index (χ1v) is 8.06. The van der Waals surface area contributed by atoms with E-state index < -0.39 is 5.76 Å². The fourth-order valence-electron chi connectivity index (χ4n) is 2.91. The molecular formula is C19H18FNO4. The molecule has 0 spiro atoms. The smallest absolute Gasteiger partial charge is 0.423 e. The number of hydrogen-bond acceptors (Lipinski definition) is 4. The second-order valence-corrected chi connectivity index (χ2v) is 5.78. The Morgan fingerprint density at radius 3 is 2.68 bits per heavy atom. The van der Waals surface area contributed by atoms with Crippen LogP contribution in [0.1, 0.15) is 31.9 Å². The zero-order valence-corrected chi connectivity index (χ0v) is 14.0. The van der Waals surface area contributed by atoms with Gasteiger partial charge in [0, 0.05) is 16.7 Å². The van der Waals surface area contributed by atoms with Gasteiger partial charge in [-0.1, -0.05) is 31.2 Å². The van der Waals surface area contributed by atoms with E-state index in [4.69, 9.17) is 9.15 Å². The Morgan fingerprint density at radius 1 is 1.24 bits per heavy atom. The molecule has 25 heavy (non-hydrogen) atoms. The van der Waals surface area contributed by atoms with Crippen LogP contribution in [0.4, 0.5) is 4.39 Å². The Kier molecular flexibility index (Phi) is 4.70. The summed E-state index contributed by atoms with van der Waals surface area (Å²) in [5, 5.41) is 1.01. The molecule has 2 aromatic carbocycles. The van der Waals surface area contributed by atoms with Gasteiger partial charge in [0.25, 0.3) is 0 Å². The molecule has 0 N–H and O–H groups in total. The molecule has 0 radical (unpaired) electrons. The molecule has 0 fully saturated rings. The lowest BCUT2D eigenvalue weighted by atomic mass is 10.0. The first kappa shape index (κ1) is 17.0. The number of carbonyl (C=O) groups is 1. The van der Waals surface area contributed by atoms with E-state index in [0.29, 0.717) is 28.8 Å². The van der Waals surface area contributed by atoms with E-state index in [1.807, 2.05) is 6.92 Å². The third-order valence-electron chi connectivity index (χ3n) is 4.09. The molecule has 0 aliphatic carbocycles. The van der Waals surface area contributed by atoms with Crippen LogP contribution in [0, 0.1) is 5.82 Å². The van der Waals surface area contributed by atoms with E-state index >= 15 is 0 Å². The second-order valence-electron chi connectivity index (χ2n) is 5.78. The first-order chi connectivity index (χ1) is 12.0. The number of halogens is 1. The molecule has 0 saturated carbocycles. The molecule has 1 heterocycles. The molecule has 0 aliphatic rings. The Bertz CT molecular complexity index is 973. The number of oxazole rings is 1. The van der Waals surface area contributed by atoms with Crippen molar-refractivity contribution < 1.29 is 18.3 Å². The third-order valence-corrected chi connectivity index (χ3v) is 4.09. The predicted molar refractivity (Wildman–Crippen MR) is 91.4 cm³/mol. The summed E-state index contributed by atoms with van der Waals surface area (Å²) in [5.74, 6) is -1.59. The highest BCUT2D eigenvalue weighted by molar-refractivity contribution is 5.90. The number of rotatable bonds is 5. The molecule has 3 rings (SSSR count). The lowest BCUT2D eigenvalue weighted by Crippen LogP contribution is -2.18. The summed E-state index contributed by atoms with van der Waals surface area (Å²) >= 11 is 0. The summed E-state index contributed by atoms with van der Waals surface area (Å²) in [7, 11) is 0. The molecule has 3 aromatic rings. The SMILES string of the molecule is CCOC(=O)CC(C)c1coc(=O)n1-c1ccc(F)c2ccccc12. The van der Waals surface area contributed by atoms with Gasteiger partial charge in [0.2, 0.25) is 0 Å². The minimum absolute atomic E-state index is 0.117. The topological polar surface area (TPSA) is 61.4 Å². The number of fused-ring (bicyclic) bond motifs is 1. The van der Waals surface area contributed by atoms with E-state index in [0.717, 1.165) is 0 Å². The second kappa shape index (κ2) is 6.93. The fourth-order valence-corrected chi connectivity index (χ4v) is 2.91. The van der Waals surface area contributed by atoms with Crippen molar-refractivity contribution in [3.05, 3.63) is 64.7 Å². The van der Waals surface area contributed by atoms with E-state index in [1.54, 1.807) is 31.2 Å². The van der Waals surface area contributed by atoms with E-state index in [9.17, 15) is 14.0 Å². The van der Waals surface area contributed by atoms with Gasteiger partial charge in [-0.2, -0.15) is 0 Å². The summed E-state index contributed by atoms with van der Waals surface area (Å²) in [6.07, 6.45) is 1.45. The van der Waals surface area contributed by atoms with Crippen LogP contribution in [0.15, 0.2) is 51.9 Å². The quantitative estimate of drug-likeness (QED) is 0.662.